The van der Waals surface area contributed by atoms with Crippen LogP contribution >= 0.6 is 0 Å². The van der Waals surface area contributed by atoms with Crippen LogP contribution in [0.3, 0.4) is 0 Å². The van der Waals surface area contributed by atoms with Crippen LogP contribution in [0.25, 0.3) is 16.7 Å². The Balaban J connectivity index is 1.99. The summed E-state index contributed by atoms with van der Waals surface area (Å²) in [5.74, 6) is -0.251. The van der Waals surface area contributed by atoms with E-state index in [0.29, 0.717) is 12.1 Å². The van der Waals surface area contributed by atoms with Gasteiger partial charge >= 0.3 is 0 Å². The first-order valence-electron chi connectivity index (χ1n) is 7.15. The first-order valence-corrected chi connectivity index (χ1v) is 7.15. The average Bonchev–Trinajstić information content (AvgIpc) is 2.91. The van der Waals surface area contributed by atoms with Gasteiger partial charge in [-0.3, -0.25) is 4.57 Å². The second kappa shape index (κ2) is 5.66. The van der Waals surface area contributed by atoms with Gasteiger partial charge in [0.15, 0.2) is 0 Å². The van der Waals surface area contributed by atoms with Crippen LogP contribution in [-0.4, -0.2) is 15.6 Å². The Labute approximate surface area is 123 Å². The van der Waals surface area contributed by atoms with Crippen molar-refractivity contribution in [1.82, 2.24) is 9.55 Å². The predicted octanol–water partition coefficient (Wildman–Crippen LogP) is 3.44. The molecule has 1 heterocycles. The van der Waals surface area contributed by atoms with E-state index < -0.39 is 0 Å². The van der Waals surface area contributed by atoms with E-state index in [1.165, 1.54) is 0 Å². The topological polar surface area (TPSA) is 43.8 Å². The van der Waals surface area contributed by atoms with Crippen LogP contribution in [-0.2, 0) is 6.42 Å². The Morgan fingerprint density at radius 1 is 1.24 bits per heavy atom. The molecule has 0 radical (unpaired) electrons. The maximum atomic E-state index is 14.4. The minimum absolute atomic E-state index is 0.0734. The third kappa shape index (κ3) is 2.67. The van der Waals surface area contributed by atoms with Crippen molar-refractivity contribution in [3.8, 4) is 5.69 Å². The van der Waals surface area contributed by atoms with E-state index in [1.807, 2.05) is 37.3 Å². The Morgan fingerprint density at radius 2 is 2.05 bits per heavy atom. The number of imidazole rings is 1. The molecule has 2 aromatic carbocycles. The first kappa shape index (κ1) is 13.8. The van der Waals surface area contributed by atoms with Crippen LogP contribution in [0.4, 0.5) is 4.39 Å². The number of fused-ring (bicyclic) bond motifs is 1. The summed E-state index contributed by atoms with van der Waals surface area (Å²) in [5, 5.41) is 0. The van der Waals surface area contributed by atoms with Crippen LogP contribution in [0.1, 0.15) is 18.9 Å². The summed E-state index contributed by atoms with van der Waals surface area (Å²) < 4.78 is 16.2. The molecular weight excluding hydrogens is 265 g/mol. The second-order valence-electron chi connectivity index (χ2n) is 5.26. The van der Waals surface area contributed by atoms with E-state index in [1.54, 1.807) is 23.0 Å². The standard InChI is InChI=1S/C17H18FN3/c1-2-13(19)9-12-7-8-16(14(18)10-12)21-11-20-15-5-3-4-6-17(15)21/h3-8,10-11,13H,2,9,19H2,1H3. The fourth-order valence-corrected chi connectivity index (χ4v) is 2.47. The highest BCUT2D eigenvalue weighted by Gasteiger charge is 2.10. The zero-order chi connectivity index (χ0) is 14.8. The third-order valence-electron chi connectivity index (χ3n) is 3.75. The monoisotopic (exact) mass is 283 g/mol. The molecule has 3 nitrogen and oxygen atoms in total. The highest BCUT2D eigenvalue weighted by molar-refractivity contribution is 5.77. The summed E-state index contributed by atoms with van der Waals surface area (Å²) in [6, 6.07) is 13.1. The smallest absolute Gasteiger partial charge is 0.147 e. The molecule has 1 aromatic heterocycles. The van der Waals surface area contributed by atoms with Crippen LogP contribution in [0.15, 0.2) is 48.8 Å². The maximum Gasteiger partial charge on any atom is 0.147 e. The van der Waals surface area contributed by atoms with Crippen LogP contribution < -0.4 is 5.73 Å². The normalized spacial score (nSPS) is 12.7. The Hall–Kier alpha value is -2.20. The van der Waals surface area contributed by atoms with Gasteiger partial charge in [-0.25, -0.2) is 9.37 Å². The number of hydrogen-bond donors (Lipinski definition) is 1. The summed E-state index contributed by atoms with van der Waals surface area (Å²) in [7, 11) is 0. The van der Waals surface area contributed by atoms with Crippen molar-refractivity contribution in [1.29, 1.82) is 0 Å². The molecule has 0 amide bonds. The zero-order valence-corrected chi connectivity index (χ0v) is 12.0. The van der Waals surface area contributed by atoms with Gasteiger partial charge in [0.2, 0.25) is 0 Å². The van der Waals surface area contributed by atoms with Crippen molar-refractivity contribution in [2.45, 2.75) is 25.8 Å². The molecule has 1 atom stereocenters. The molecular formula is C17H18FN3. The lowest BCUT2D eigenvalue weighted by Gasteiger charge is -2.11. The van der Waals surface area contributed by atoms with E-state index in [2.05, 4.69) is 4.98 Å². The number of halogens is 1. The molecule has 0 aliphatic heterocycles. The Kier molecular flexibility index (Phi) is 3.71. The van der Waals surface area contributed by atoms with Gasteiger partial charge in [0.05, 0.1) is 16.7 Å². The molecule has 108 valence electrons. The molecule has 0 bridgehead atoms. The highest BCUT2D eigenvalue weighted by Crippen LogP contribution is 2.21. The minimum atomic E-state index is -0.251. The van der Waals surface area contributed by atoms with Gasteiger partial charge in [-0.15, -0.1) is 0 Å². The van der Waals surface area contributed by atoms with E-state index in [0.717, 1.165) is 23.0 Å². The Morgan fingerprint density at radius 3 is 2.81 bits per heavy atom. The SMILES string of the molecule is CCC(N)Cc1ccc(-n2cnc3ccccc32)c(F)c1. The van der Waals surface area contributed by atoms with Crippen molar-refractivity contribution >= 4 is 11.0 Å². The number of nitrogens with zero attached hydrogens (tertiary/aromatic N) is 2. The summed E-state index contributed by atoms with van der Waals surface area (Å²) >= 11 is 0. The van der Waals surface area contributed by atoms with Crippen LogP contribution in [0, 0.1) is 5.82 Å². The average molecular weight is 283 g/mol. The van der Waals surface area contributed by atoms with E-state index in [4.69, 9.17) is 5.73 Å². The number of hydrogen-bond acceptors (Lipinski definition) is 2. The van der Waals surface area contributed by atoms with Gasteiger partial charge in [0, 0.05) is 6.04 Å². The zero-order valence-electron chi connectivity index (χ0n) is 12.0. The Bertz CT molecular complexity index is 764. The summed E-state index contributed by atoms with van der Waals surface area (Å²) in [4.78, 5) is 4.30. The van der Waals surface area contributed by atoms with Crippen molar-refractivity contribution in [3.63, 3.8) is 0 Å². The lowest BCUT2D eigenvalue weighted by molar-refractivity contribution is 0.608. The van der Waals surface area contributed by atoms with Crippen molar-refractivity contribution < 1.29 is 4.39 Å². The lowest BCUT2D eigenvalue weighted by atomic mass is 10.0. The van der Waals surface area contributed by atoms with E-state index in [-0.39, 0.29) is 11.9 Å². The minimum Gasteiger partial charge on any atom is -0.327 e. The molecule has 3 aromatic rings. The molecule has 3 rings (SSSR count). The molecule has 1 unspecified atom stereocenters. The number of rotatable bonds is 4. The number of aromatic nitrogens is 2. The van der Waals surface area contributed by atoms with E-state index >= 15 is 0 Å². The molecule has 2 N–H and O–H groups in total. The van der Waals surface area contributed by atoms with Gasteiger partial charge in [-0.1, -0.05) is 25.1 Å². The number of para-hydroxylation sites is 2. The van der Waals surface area contributed by atoms with Crippen LogP contribution in [0.2, 0.25) is 0 Å². The largest absolute Gasteiger partial charge is 0.327 e. The van der Waals surface area contributed by atoms with Crippen molar-refractivity contribution in [2.24, 2.45) is 5.73 Å². The molecule has 0 spiro atoms. The van der Waals surface area contributed by atoms with Gasteiger partial charge in [-0.05, 0) is 42.7 Å². The molecule has 0 fully saturated rings. The molecule has 0 saturated heterocycles. The molecule has 21 heavy (non-hydrogen) atoms. The van der Waals surface area contributed by atoms with Crippen molar-refractivity contribution in [2.75, 3.05) is 0 Å². The van der Waals surface area contributed by atoms with Gasteiger partial charge in [-0.2, -0.15) is 0 Å². The summed E-state index contributed by atoms with van der Waals surface area (Å²) in [6.07, 6.45) is 3.23. The first-order chi connectivity index (χ1) is 10.2. The molecule has 0 saturated carbocycles. The van der Waals surface area contributed by atoms with E-state index in [9.17, 15) is 4.39 Å². The van der Waals surface area contributed by atoms with Crippen LogP contribution in [0.5, 0.6) is 0 Å². The number of benzene rings is 2. The molecule has 4 heteroatoms. The fourth-order valence-electron chi connectivity index (χ4n) is 2.47. The fraction of sp³-hybridized carbons (Fsp3) is 0.235. The predicted molar refractivity (Wildman–Crippen MR) is 83.0 cm³/mol. The molecule has 0 aliphatic rings. The van der Waals surface area contributed by atoms with Gasteiger partial charge < -0.3 is 5.73 Å². The maximum absolute atomic E-state index is 14.4. The summed E-state index contributed by atoms with van der Waals surface area (Å²) in [6.45, 7) is 2.03. The quantitative estimate of drug-likeness (QED) is 0.797. The van der Waals surface area contributed by atoms with Gasteiger partial charge in [0.1, 0.15) is 12.1 Å². The third-order valence-corrected chi connectivity index (χ3v) is 3.75. The lowest BCUT2D eigenvalue weighted by Crippen LogP contribution is -2.21. The highest BCUT2D eigenvalue weighted by atomic mass is 19.1. The second-order valence-corrected chi connectivity index (χ2v) is 5.26. The summed E-state index contributed by atoms with van der Waals surface area (Å²) in [5.41, 5.74) is 9.12. The number of nitrogens with two attached hydrogens (primary N) is 1. The molecule has 0 aliphatic carbocycles. The van der Waals surface area contributed by atoms with Gasteiger partial charge in [0.25, 0.3) is 0 Å². The van der Waals surface area contributed by atoms with Crippen molar-refractivity contribution in [3.05, 3.63) is 60.2 Å².